The Bertz CT molecular complexity index is 658. The van der Waals surface area contributed by atoms with E-state index < -0.39 is 5.97 Å². The van der Waals surface area contributed by atoms with Gasteiger partial charge < -0.3 is 10.4 Å². The smallest absolute Gasteiger partial charge is 0.341 e. The number of carbonyl (C=O) groups is 1. The van der Waals surface area contributed by atoms with Crippen LogP contribution in [0.3, 0.4) is 0 Å². The van der Waals surface area contributed by atoms with Crippen molar-refractivity contribution in [2.75, 3.05) is 5.32 Å². The van der Waals surface area contributed by atoms with Gasteiger partial charge in [0.2, 0.25) is 0 Å². The van der Waals surface area contributed by atoms with E-state index >= 15 is 0 Å². The van der Waals surface area contributed by atoms with Crippen molar-refractivity contribution in [2.24, 2.45) is 7.05 Å². The van der Waals surface area contributed by atoms with Gasteiger partial charge in [-0.05, 0) is 39.3 Å². The topological polar surface area (TPSA) is 67.2 Å². The first-order chi connectivity index (χ1) is 9.31. The van der Waals surface area contributed by atoms with Crippen molar-refractivity contribution < 1.29 is 9.90 Å². The van der Waals surface area contributed by atoms with Crippen LogP contribution >= 0.6 is 11.3 Å². The molecule has 2 N–H and O–H groups in total. The third kappa shape index (κ3) is 2.56. The highest BCUT2D eigenvalue weighted by molar-refractivity contribution is 7.12. The summed E-state index contributed by atoms with van der Waals surface area (Å²) >= 11 is 1.75. The Kier molecular flexibility index (Phi) is 3.85. The second-order valence-corrected chi connectivity index (χ2v) is 6.43. The Morgan fingerprint density at radius 3 is 2.60 bits per heavy atom. The van der Waals surface area contributed by atoms with Gasteiger partial charge in [0, 0.05) is 16.8 Å². The number of nitrogens with one attached hydrogen (secondary N) is 1. The monoisotopic (exact) mass is 293 g/mol. The second-order valence-electron chi connectivity index (χ2n) is 4.97. The number of aryl methyl sites for hydroxylation is 4. The van der Waals surface area contributed by atoms with Crippen LogP contribution in [0, 0.1) is 20.8 Å². The molecule has 0 saturated heterocycles. The number of aromatic carboxylic acids is 1. The van der Waals surface area contributed by atoms with Crippen LogP contribution in [0.25, 0.3) is 0 Å². The number of hydrogen-bond acceptors (Lipinski definition) is 4. The lowest BCUT2D eigenvalue weighted by atomic mass is 10.1. The highest BCUT2D eigenvalue weighted by atomic mass is 32.1. The normalized spacial score (nSPS) is 12.4. The average molecular weight is 293 g/mol. The number of thiophene rings is 1. The molecule has 6 heteroatoms. The molecule has 108 valence electrons. The molecular weight excluding hydrogens is 274 g/mol. The van der Waals surface area contributed by atoms with Gasteiger partial charge in [-0.3, -0.25) is 4.68 Å². The molecule has 2 rings (SSSR count). The molecule has 2 aromatic rings. The van der Waals surface area contributed by atoms with E-state index in [-0.39, 0.29) is 11.6 Å². The molecule has 1 atom stereocenters. The van der Waals surface area contributed by atoms with Crippen molar-refractivity contribution in [3.8, 4) is 0 Å². The van der Waals surface area contributed by atoms with Crippen molar-refractivity contribution in [3.05, 3.63) is 32.6 Å². The van der Waals surface area contributed by atoms with Crippen LogP contribution in [0.1, 0.15) is 44.3 Å². The Balaban J connectivity index is 2.35. The van der Waals surface area contributed by atoms with E-state index in [1.165, 1.54) is 15.3 Å². The van der Waals surface area contributed by atoms with Crippen molar-refractivity contribution in [1.29, 1.82) is 0 Å². The van der Waals surface area contributed by atoms with Gasteiger partial charge >= 0.3 is 5.97 Å². The third-order valence-corrected chi connectivity index (χ3v) is 4.32. The van der Waals surface area contributed by atoms with Gasteiger partial charge in [0.15, 0.2) is 0 Å². The Morgan fingerprint density at radius 2 is 2.10 bits per heavy atom. The lowest BCUT2D eigenvalue weighted by molar-refractivity contribution is 0.0697. The summed E-state index contributed by atoms with van der Waals surface area (Å²) in [5, 5.41) is 16.8. The Labute approximate surface area is 122 Å². The minimum Gasteiger partial charge on any atom is -0.477 e. The number of anilines is 1. The molecule has 0 aromatic carbocycles. The predicted octanol–water partition coefficient (Wildman–Crippen LogP) is 3.28. The summed E-state index contributed by atoms with van der Waals surface area (Å²) in [5.74, 6) is -0.408. The van der Waals surface area contributed by atoms with E-state index in [1.807, 2.05) is 6.92 Å². The molecule has 2 aromatic heterocycles. The quantitative estimate of drug-likeness (QED) is 0.908. The molecule has 5 nitrogen and oxygen atoms in total. The molecule has 0 radical (unpaired) electrons. The summed E-state index contributed by atoms with van der Waals surface area (Å²) < 4.78 is 1.59. The van der Waals surface area contributed by atoms with Gasteiger partial charge in [-0.25, -0.2) is 4.79 Å². The molecule has 1 unspecified atom stereocenters. The number of carboxylic acid groups (broad SMARTS) is 1. The van der Waals surface area contributed by atoms with Gasteiger partial charge in [-0.1, -0.05) is 0 Å². The van der Waals surface area contributed by atoms with Crippen LogP contribution in [-0.4, -0.2) is 20.9 Å². The molecule has 20 heavy (non-hydrogen) atoms. The minimum atomic E-state index is -0.955. The number of hydrogen-bond donors (Lipinski definition) is 2. The van der Waals surface area contributed by atoms with Crippen LogP contribution in [0.15, 0.2) is 6.07 Å². The summed E-state index contributed by atoms with van der Waals surface area (Å²) in [6.07, 6.45) is 0. The van der Waals surface area contributed by atoms with E-state index in [4.69, 9.17) is 0 Å². The fourth-order valence-electron chi connectivity index (χ4n) is 2.44. The van der Waals surface area contributed by atoms with E-state index in [9.17, 15) is 9.90 Å². The van der Waals surface area contributed by atoms with E-state index in [2.05, 4.69) is 30.3 Å². The van der Waals surface area contributed by atoms with Crippen molar-refractivity contribution in [1.82, 2.24) is 9.78 Å². The highest BCUT2D eigenvalue weighted by Gasteiger charge is 2.22. The summed E-state index contributed by atoms with van der Waals surface area (Å²) in [6.45, 7) is 7.89. The lowest BCUT2D eigenvalue weighted by Crippen LogP contribution is -2.13. The maximum atomic E-state index is 11.4. The molecule has 0 fully saturated rings. The maximum Gasteiger partial charge on any atom is 0.341 e. The van der Waals surface area contributed by atoms with Crippen LogP contribution in [0.5, 0.6) is 0 Å². The van der Waals surface area contributed by atoms with Crippen LogP contribution < -0.4 is 5.32 Å². The third-order valence-electron chi connectivity index (χ3n) is 3.34. The second kappa shape index (κ2) is 5.28. The van der Waals surface area contributed by atoms with Gasteiger partial charge in [0.25, 0.3) is 0 Å². The zero-order valence-corrected chi connectivity index (χ0v) is 13.1. The molecule has 0 aliphatic carbocycles. The first kappa shape index (κ1) is 14.6. The number of aromatic nitrogens is 2. The first-order valence-electron chi connectivity index (χ1n) is 6.41. The summed E-state index contributed by atoms with van der Waals surface area (Å²) in [6, 6.07) is 2.18. The number of rotatable bonds is 4. The van der Waals surface area contributed by atoms with E-state index in [1.54, 1.807) is 30.0 Å². The lowest BCUT2D eigenvalue weighted by Gasteiger charge is -2.16. The van der Waals surface area contributed by atoms with E-state index in [0.29, 0.717) is 11.5 Å². The van der Waals surface area contributed by atoms with Crippen molar-refractivity contribution >= 4 is 23.1 Å². The molecular formula is C14H19N3O2S. The molecule has 0 aliphatic rings. The fourth-order valence-corrected chi connectivity index (χ4v) is 3.47. The fraction of sp³-hybridized carbons (Fsp3) is 0.429. The number of carboxylic acids is 1. The maximum absolute atomic E-state index is 11.4. The zero-order chi connectivity index (χ0) is 15.0. The largest absolute Gasteiger partial charge is 0.477 e. The zero-order valence-electron chi connectivity index (χ0n) is 12.3. The van der Waals surface area contributed by atoms with Gasteiger partial charge in [-0.2, -0.15) is 5.10 Å². The SMILES string of the molecule is Cc1cc(C(C)Nc2c(C(=O)O)c(C)nn2C)c(C)s1. The predicted molar refractivity (Wildman–Crippen MR) is 80.7 cm³/mol. The highest BCUT2D eigenvalue weighted by Crippen LogP contribution is 2.30. The standard InChI is InChI=1S/C14H19N3O2S/c1-7-6-11(10(4)20-7)8(2)15-13-12(14(18)19)9(3)16-17(13)5/h6,8,15H,1-5H3,(H,18,19). The van der Waals surface area contributed by atoms with Crippen LogP contribution in [-0.2, 0) is 7.05 Å². The molecule has 0 aliphatic heterocycles. The molecule has 0 amide bonds. The molecule has 0 spiro atoms. The Hall–Kier alpha value is -1.82. The van der Waals surface area contributed by atoms with Crippen molar-refractivity contribution in [2.45, 2.75) is 33.7 Å². The molecule has 0 saturated carbocycles. The number of nitrogens with zero attached hydrogens (tertiary/aromatic N) is 2. The van der Waals surface area contributed by atoms with Gasteiger partial charge in [0.05, 0.1) is 11.7 Å². The first-order valence-corrected chi connectivity index (χ1v) is 7.23. The van der Waals surface area contributed by atoms with Gasteiger partial charge in [-0.15, -0.1) is 11.3 Å². The Morgan fingerprint density at radius 1 is 1.45 bits per heavy atom. The summed E-state index contributed by atoms with van der Waals surface area (Å²) in [7, 11) is 1.75. The van der Waals surface area contributed by atoms with Gasteiger partial charge in [0.1, 0.15) is 11.4 Å². The van der Waals surface area contributed by atoms with E-state index in [0.717, 1.165) is 0 Å². The molecule has 2 heterocycles. The van der Waals surface area contributed by atoms with Crippen LogP contribution in [0.4, 0.5) is 5.82 Å². The average Bonchev–Trinajstić information content (AvgIpc) is 2.79. The minimum absolute atomic E-state index is 0.0350. The summed E-state index contributed by atoms with van der Waals surface area (Å²) in [5.41, 5.74) is 1.96. The summed E-state index contributed by atoms with van der Waals surface area (Å²) in [4.78, 5) is 13.9. The van der Waals surface area contributed by atoms with Crippen LogP contribution in [0.2, 0.25) is 0 Å². The van der Waals surface area contributed by atoms with Crippen molar-refractivity contribution in [3.63, 3.8) is 0 Å². The molecule has 0 bridgehead atoms.